The van der Waals surface area contributed by atoms with Crippen molar-refractivity contribution in [3.63, 3.8) is 0 Å². The van der Waals surface area contributed by atoms with E-state index in [9.17, 15) is 0 Å². The molecule has 3 aromatic rings. The lowest BCUT2D eigenvalue weighted by molar-refractivity contribution is 0.354. The van der Waals surface area contributed by atoms with Crippen LogP contribution in [0.1, 0.15) is 37.1 Å². The van der Waals surface area contributed by atoms with Crippen molar-refractivity contribution >= 4 is 11.5 Å². The minimum Gasteiger partial charge on any atom is -0.356 e. The van der Waals surface area contributed by atoms with Crippen molar-refractivity contribution in [1.29, 1.82) is 0 Å². The van der Waals surface area contributed by atoms with Gasteiger partial charge in [0, 0.05) is 36.0 Å². The molecule has 0 unspecified atom stereocenters. The van der Waals surface area contributed by atoms with Crippen LogP contribution >= 0.6 is 0 Å². The summed E-state index contributed by atoms with van der Waals surface area (Å²) in [6, 6.07) is 10.8. The van der Waals surface area contributed by atoms with Crippen LogP contribution in [0.25, 0.3) is 16.9 Å². The van der Waals surface area contributed by atoms with Crippen molar-refractivity contribution in [3.8, 4) is 11.3 Å². The normalized spacial score (nSPS) is 20.7. The number of rotatable bonds is 2. The van der Waals surface area contributed by atoms with E-state index in [0.717, 1.165) is 41.3 Å². The third-order valence-electron chi connectivity index (χ3n) is 5.45. The van der Waals surface area contributed by atoms with Gasteiger partial charge in [0.15, 0.2) is 5.65 Å². The van der Waals surface area contributed by atoms with E-state index in [2.05, 4.69) is 74.4 Å². The number of benzene rings is 1. The fourth-order valence-corrected chi connectivity index (χ4v) is 4.29. The van der Waals surface area contributed by atoms with E-state index in [1.807, 2.05) is 0 Å². The molecular formula is C22H28N4. The molecule has 1 saturated heterocycles. The Bertz CT molecular complexity index is 929. The molecule has 0 aliphatic carbocycles. The molecule has 26 heavy (non-hydrogen) atoms. The Balaban J connectivity index is 1.86. The molecule has 0 amide bonds. The Morgan fingerprint density at radius 1 is 0.962 bits per heavy atom. The van der Waals surface area contributed by atoms with Gasteiger partial charge in [0.1, 0.15) is 5.82 Å². The molecule has 4 nitrogen and oxygen atoms in total. The van der Waals surface area contributed by atoms with Crippen LogP contribution < -0.4 is 4.90 Å². The Morgan fingerprint density at radius 2 is 1.62 bits per heavy atom. The summed E-state index contributed by atoms with van der Waals surface area (Å²) in [6.07, 6.45) is 1.30. The first kappa shape index (κ1) is 17.1. The summed E-state index contributed by atoms with van der Waals surface area (Å²) < 4.78 is 2.06. The van der Waals surface area contributed by atoms with E-state index >= 15 is 0 Å². The van der Waals surface area contributed by atoms with E-state index in [1.54, 1.807) is 0 Å². The second kappa shape index (κ2) is 6.42. The lowest BCUT2D eigenvalue weighted by Crippen LogP contribution is -2.39. The Labute approximate surface area is 155 Å². The van der Waals surface area contributed by atoms with Crippen LogP contribution in [-0.2, 0) is 0 Å². The SMILES string of the molecule is Cc1ccc(-c2nn3c(N4C[C@@H](C)C[C@H](C)C4)cc(C)nc3c2C)cc1. The summed E-state index contributed by atoms with van der Waals surface area (Å²) in [6.45, 7) is 13.2. The van der Waals surface area contributed by atoms with Crippen molar-refractivity contribution in [3.05, 3.63) is 47.2 Å². The van der Waals surface area contributed by atoms with Gasteiger partial charge in [-0.25, -0.2) is 4.98 Å². The molecule has 3 heterocycles. The number of fused-ring (bicyclic) bond motifs is 1. The highest BCUT2D eigenvalue weighted by atomic mass is 15.4. The number of piperidine rings is 1. The van der Waals surface area contributed by atoms with Gasteiger partial charge in [-0.2, -0.15) is 9.61 Å². The third kappa shape index (κ3) is 2.98. The summed E-state index contributed by atoms with van der Waals surface area (Å²) in [7, 11) is 0. The van der Waals surface area contributed by atoms with Crippen molar-refractivity contribution in [2.24, 2.45) is 11.8 Å². The zero-order valence-electron chi connectivity index (χ0n) is 16.5. The molecule has 2 atom stereocenters. The largest absolute Gasteiger partial charge is 0.356 e. The summed E-state index contributed by atoms with van der Waals surface area (Å²) in [5, 5.41) is 4.99. The number of aromatic nitrogens is 3. The summed E-state index contributed by atoms with van der Waals surface area (Å²) in [5.74, 6) is 2.58. The molecule has 136 valence electrons. The number of anilines is 1. The number of nitrogens with zero attached hydrogens (tertiary/aromatic N) is 4. The maximum absolute atomic E-state index is 4.99. The molecular weight excluding hydrogens is 320 g/mol. The molecule has 0 N–H and O–H groups in total. The van der Waals surface area contributed by atoms with Crippen LogP contribution in [0.2, 0.25) is 0 Å². The van der Waals surface area contributed by atoms with E-state index in [-0.39, 0.29) is 0 Å². The lowest BCUT2D eigenvalue weighted by atomic mass is 9.92. The molecule has 2 aromatic heterocycles. The molecule has 4 heteroatoms. The Kier molecular flexibility index (Phi) is 4.22. The van der Waals surface area contributed by atoms with Crippen LogP contribution in [0.5, 0.6) is 0 Å². The van der Waals surface area contributed by atoms with Gasteiger partial charge in [-0.1, -0.05) is 43.7 Å². The van der Waals surface area contributed by atoms with Gasteiger partial charge in [0.2, 0.25) is 0 Å². The minimum atomic E-state index is 0.704. The highest BCUT2D eigenvalue weighted by Crippen LogP contribution is 2.31. The molecule has 0 saturated carbocycles. The average Bonchev–Trinajstić information content (AvgIpc) is 2.91. The summed E-state index contributed by atoms with van der Waals surface area (Å²) in [4.78, 5) is 7.30. The van der Waals surface area contributed by atoms with Crippen molar-refractivity contribution < 1.29 is 0 Å². The average molecular weight is 348 g/mol. The van der Waals surface area contributed by atoms with Crippen molar-refractivity contribution in [2.75, 3.05) is 18.0 Å². The van der Waals surface area contributed by atoms with Gasteiger partial charge < -0.3 is 4.90 Å². The van der Waals surface area contributed by atoms with Gasteiger partial charge >= 0.3 is 0 Å². The fourth-order valence-electron chi connectivity index (χ4n) is 4.29. The predicted molar refractivity (Wildman–Crippen MR) is 108 cm³/mol. The zero-order valence-corrected chi connectivity index (χ0v) is 16.5. The van der Waals surface area contributed by atoms with Gasteiger partial charge in [-0.05, 0) is 39.0 Å². The van der Waals surface area contributed by atoms with Gasteiger partial charge in [-0.15, -0.1) is 0 Å². The first-order valence-electron chi connectivity index (χ1n) is 9.61. The molecule has 0 spiro atoms. The van der Waals surface area contributed by atoms with Crippen LogP contribution in [0.4, 0.5) is 5.82 Å². The topological polar surface area (TPSA) is 33.4 Å². The molecule has 1 aliphatic heterocycles. The molecule has 0 radical (unpaired) electrons. The predicted octanol–water partition coefficient (Wildman–Crippen LogP) is 4.80. The van der Waals surface area contributed by atoms with E-state index in [4.69, 9.17) is 10.1 Å². The van der Waals surface area contributed by atoms with E-state index in [0.29, 0.717) is 11.8 Å². The lowest BCUT2D eigenvalue weighted by Gasteiger charge is -2.36. The second-order valence-corrected chi connectivity index (χ2v) is 8.18. The van der Waals surface area contributed by atoms with Crippen molar-refractivity contribution in [2.45, 2.75) is 41.0 Å². The van der Waals surface area contributed by atoms with Crippen LogP contribution in [0.3, 0.4) is 0 Å². The number of aryl methyl sites for hydroxylation is 3. The Hall–Kier alpha value is -2.36. The quantitative estimate of drug-likeness (QED) is 0.667. The number of hydrogen-bond acceptors (Lipinski definition) is 3. The van der Waals surface area contributed by atoms with E-state index < -0.39 is 0 Å². The van der Waals surface area contributed by atoms with Crippen LogP contribution in [0.15, 0.2) is 30.3 Å². The van der Waals surface area contributed by atoms with Crippen LogP contribution in [-0.4, -0.2) is 27.7 Å². The fraction of sp³-hybridized carbons (Fsp3) is 0.455. The highest BCUT2D eigenvalue weighted by molar-refractivity contribution is 5.72. The smallest absolute Gasteiger partial charge is 0.161 e. The maximum atomic E-state index is 4.99. The van der Waals surface area contributed by atoms with Gasteiger partial charge in [0.05, 0.1) is 5.69 Å². The zero-order chi connectivity index (χ0) is 18.4. The van der Waals surface area contributed by atoms with Crippen LogP contribution in [0, 0.1) is 32.6 Å². The van der Waals surface area contributed by atoms with E-state index in [1.165, 1.54) is 17.8 Å². The summed E-state index contributed by atoms with van der Waals surface area (Å²) in [5.41, 5.74) is 6.63. The van der Waals surface area contributed by atoms with Crippen molar-refractivity contribution in [1.82, 2.24) is 14.6 Å². The molecule has 0 bridgehead atoms. The maximum Gasteiger partial charge on any atom is 0.161 e. The van der Waals surface area contributed by atoms with Gasteiger partial charge in [-0.3, -0.25) is 0 Å². The number of hydrogen-bond donors (Lipinski definition) is 0. The molecule has 1 aliphatic rings. The second-order valence-electron chi connectivity index (χ2n) is 8.18. The molecule has 4 rings (SSSR count). The third-order valence-corrected chi connectivity index (χ3v) is 5.45. The van der Waals surface area contributed by atoms with Gasteiger partial charge in [0.25, 0.3) is 0 Å². The molecule has 1 fully saturated rings. The first-order valence-corrected chi connectivity index (χ1v) is 9.61. The highest BCUT2D eigenvalue weighted by Gasteiger charge is 2.25. The first-order chi connectivity index (χ1) is 12.4. The monoisotopic (exact) mass is 348 g/mol. The standard InChI is InChI=1S/C22H28N4/c1-14-6-8-19(9-7-14)21-18(5)22-23-17(4)11-20(26(22)24-21)25-12-15(2)10-16(3)13-25/h6-9,11,15-16H,10,12-13H2,1-5H3/t15-,16-/m0/s1. The molecule has 1 aromatic carbocycles. The minimum absolute atomic E-state index is 0.704. The summed E-state index contributed by atoms with van der Waals surface area (Å²) >= 11 is 0. The Morgan fingerprint density at radius 3 is 2.27 bits per heavy atom.